The van der Waals surface area contributed by atoms with Crippen molar-refractivity contribution in [3.8, 4) is 6.07 Å². The van der Waals surface area contributed by atoms with Crippen LogP contribution in [0.5, 0.6) is 0 Å². The van der Waals surface area contributed by atoms with Gasteiger partial charge in [-0.05, 0) is 42.8 Å². The van der Waals surface area contributed by atoms with Gasteiger partial charge in [0.05, 0.1) is 11.6 Å². The molecule has 0 aliphatic rings. The Labute approximate surface area is 140 Å². The molecule has 2 rings (SSSR count). The lowest BCUT2D eigenvalue weighted by molar-refractivity contribution is -0.148. The van der Waals surface area contributed by atoms with E-state index in [-0.39, 0.29) is 0 Å². The Morgan fingerprint density at radius 3 is 2.42 bits per heavy atom. The minimum atomic E-state index is -0.937. The molecule has 0 radical (unpaired) electrons. The molecule has 5 heteroatoms. The van der Waals surface area contributed by atoms with Crippen molar-refractivity contribution >= 4 is 23.6 Å². The summed E-state index contributed by atoms with van der Waals surface area (Å²) >= 11 is 0. The van der Waals surface area contributed by atoms with Crippen LogP contribution >= 0.6 is 0 Å². The van der Waals surface area contributed by atoms with Gasteiger partial charge in [-0.1, -0.05) is 30.3 Å². The minimum Gasteiger partial charge on any atom is -0.449 e. The van der Waals surface area contributed by atoms with Gasteiger partial charge < -0.3 is 10.1 Å². The Morgan fingerprint density at radius 1 is 1.12 bits per heavy atom. The molecule has 1 atom stereocenters. The number of nitriles is 1. The Balaban J connectivity index is 1.87. The predicted molar refractivity (Wildman–Crippen MR) is 90.8 cm³/mol. The summed E-state index contributed by atoms with van der Waals surface area (Å²) in [4.78, 5) is 23.7. The van der Waals surface area contributed by atoms with Crippen molar-refractivity contribution in [1.82, 2.24) is 0 Å². The van der Waals surface area contributed by atoms with Crippen LogP contribution in [0.15, 0.2) is 60.7 Å². The molecule has 0 spiro atoms. The van der Waals surface area contributed by atoms with E-state index in [2.05, 4.69) is 5.32 Å². The number of nitrogens with zero attached hydrogens (tertiary/aromatic N) is 1. The fourth-order valence-corrected chi connectivity index (χ4v) is 1.87. The summed E-state index contributed by atoms with van der Waals surface area (Å²) in [6.45, 7) is 1.49. The fraction of sp³-hybridized carbons (Fsp3) is 0.105. The number of esters is 1. The van der Waals surface area contributed by atoms with Crippen LogP contribution in [-0.2, 0) is 14.3 Å². The summed E-state index contributed by atoms with van der Waals surface area (Å²) in [6.07, 6.45) is 1.96. The van der Waals surface area contributed by atoms with Gasteiger partial charge in [0.1, 0.15) is 0 Å². The molecule has 0 bridgehead atoms. The Hall–Kier alpha value is -3.39. The molecule has 0 aromatic heterocycles. The van der Waals surface area contributed by atoms with Crippen molar-refractivity contribution in [2.24, 2.45) is 0 Å². The maximum absolute atomic E-state index is 12.0. The van der Waals surface area contributed by atoms with Gasteiger partial charge in [0, 0.05) is 11.8 Å². The molecule has 120 valence electrons. The molecular weight excluding hydrogens is 304 g/mol. The molecule has 0 unspecified atom stereocenters. The second kappa shape index (κ2) is 8.30. The van der Waals surface area contributed by atoms with E-state index < -0.39 is 18.0 Å². The molecule has 0 saturated heterocycles. The summed E-state index contributed by atoms with van der Waals surface area (Å²) in [5.41, 5.74) is 1.89. The lowest BCUT2D eigenvalue weighted by Gasteiger charge is -2.12. The van der Waals surface area contributed by atoms with Gasteiger partial charge in [0.2, 0.25) is 0 Å². The van der Waals surface area contributed by atoms with Gasteiger partial charge in [0.15, 0.2) is 6.10 Å². The molecule has 0 aliphatic carbocycles. The third kappa shape index (κ3) is 5.11. The van der Waals surface area contributed by atoms with Crippen molar-refractivity contribution in [2.45, 2.75) is 13.0 Å². The van der Waals surface area contributed by atoms with Crippen LogP contribution in [0.4, 0.5) is 5.69 Å². The molecule has 0 saturated carbocycles. The highest BCUT2D eigenvalue weighted by Gasteiger charge is 2.16. The number of anilines is 1. The van der Waals surface area contributed by atoms with E-state index in [1.54, 1.807) is 30.3 Å². The number of hydrogen-bond donors (Lipinski definition) is 1. The first-order chi connectivity index (χ1) is 11.6. The van der Waals surface area contributed by atoms with Crippen molar-refractivity contribution in [3.05, 3.63) is 71.8 Å². The molecule has 24 heavy (non-hydrogen) atoms. The van der Waals surface area contributed by atoms with Crippen molar-refractivity contribution in [2.75, 3.05) is 5.32 Å². The molecule has 5 nitrogen and oxygen atoms in total. The number of rotatable bonds is 5. The largest absolute Gasteiger partial charge is 0.449 e. The van der Waals surface area contributed by atoms with E-state index in [1.165, 1.54) is 13.0 Å². The third-order valence-electron chi connectivity index (χ3n) is 3.16. The highest BCUT2D eigenvalue weighted by molar-refractivity contribution is 5.96. The molecular formula is C19H16N2O3. The molecule has 0 aliphatic heterocycles. The minimum absolute atomic E-state index is 0.443. The molecule has 1 amide bonds. The third-order valence-corrected chi connectivity index (χ3v) is 3.16. The smallest absolute Gasteiger partial charge is 0.331 e. The number of nitrogens with one attached hydrogen (secondary N) is 1. The average molecular weight is 320 g/mol. The van der Waals surface area contributed by atoms with E-state index in [0.717, 1.165) is 5.56 Å². The van der Waals surface area contributed by atoms with Gasteiger partial charge in [-0.3, -0.25) is 4.79 Å². The Morgan fingerprint density at radius 2 is 1.79 bits per heavy atom. The van der Waals surface area contributed by atoms with Crippen LogP contribution in [-0.4, -0.2) is 18.0 Å². The maximum Gasteiger partial charge on any atom is 0.331 e. The summed E-state index contributed by atoms with van der Waals surface area (Å²) in [7, 11) is 0. The lowest BCUT2D eigenvalue weighted by Crippen LogP contribution is -2.29. The molecule has 2 aromatic rings. The highest BCUT2D eigenvalue weighted by Crippen LogP contribution is 2.10. The fourth-order valence-electron chi connectivity index (χ4n) is 1.87. The second-order valence-electron chi connectivity index (χ2n) is 5.00. The normalized spacial score (nSPS) is 11.5. The molecule has 2 aromatic carbocycles. The highest BCUT2D eigenvalue weighted by atomic mass is 16.5. The monoisotopic (exact) mass is 320 g/mol. The number of carbonyl (C=O) groups is 2. The van der Waals surface area contributed by atoms with Gasteiger partial charge in [-0.25, -0.2) is 4.79 Å². The first-order valence-corrected chi connectivity index (χ1v) is 7.33. The van der Waals surface area contributed by atoms with Crippen LogP contribution in [0, 0.1) is 11.3 Å². The van der Waals surface area contributed by atoms with E-state index >= 15 is 0 Å². The summed E-state index contributed by atoms with van der Waals surface area (Å²) < 4.78 is 5.06. The van der Waals surface area contributed by atoms with E-state index in [4.69, 9.17) is 10.00 Å². The first-order valence-electron chi connectivity index (χ1n) is 7.33. The van der Waals surface area contributed by atoms with E-state index in [0.29, 0.717) is 11.3 Å². The average Bonchev–Trinajstić information content (AvgIpc) is 2.61. The van der Waals surface area contributed by atoms with Crippen LogP contribution in [0.2, 0.25) is 0 Å². The number of ether oxygens (including phenoxy) is 1. The second-order valence-corrected chi connectivity index (χ2v) is 5.00. The number of benzene rings is 2. The van der Waals surface area contributed by atoms with Gasteiger partial charge in [-0.2, -0.15) is 5.26 Å². The predicted octanol–water partition coefficient (Wildman–Crippen LogP) is 3.14. The van der Waals surface area contributed by atoms with Gasteiger partial charge in [-0.15, -0.1) is 0 Å². The number of carbonyl (C=O) groups excluding carboxylic acids is 2. The van der Waals surface area contributed by atoms with Crippen molar-refractivity contribution in [1.29, 1.82) is 5.26 Å². The van der Waals surface area contributed by atoms with Gasteiger partial charge >= 0.3 is 5.97 Å². The van der Waals surface area contributed by atoms with E-state index in [1.807, 2.05) is 36.4 Å². The Bertz CT molecular complexity index is 775. The molecule has 0 fully saturated rings. The number of hydrogen-bond acceptors (Lipinski definition) is 4. The first kappa shape index (κ1) is 17.0. The number of amides is 1. The van der Waals surface area contributed by atoms with Crippen molar-refractivity contribution < 1.29 is 14.3 Å². The summed E-state index contributed by atoms with van der Waals surface area (Å²) in [6, 6.07) is 17.7. The van der Waals surface area contributed by atoms with Gasteiger partial charge in [0.25, 0.3) is 5.91 Å². The van der Waals surface area contributed by atoms with Crippen LogP contribution in [0.25, 0.3) is 6.08 Å². The SMILES string of the molecule is C[C@@H](OC(=O)/C=C/c1ccccc1)C(=O)Nc1ccc(C#N)cc1. The molecule has 1 N–H and O–H groups in total. The lowest BCUT2D eigenvalue weighted by atomic mass is 10.2. The van der Waals surface area contributed by atoms with Crippen LogP contribution < -0.4 is 5.32 Å². The zero-order valence-corrected chi connectivity index (χ0v) is 13.1. The molecule has 0 heterocycles. The van der Waals surface area contributed by atoms with Crippen LogP contribution in [0.1, 0.15) is 18.1 Å². The quantitative estimate of drug-likeness (QED) is 0.678. The standard InChI is InChI=1S/C19H16N2O3/c1-14(19(23)21-17-10-7-16(13-20)8-11-17)24-18(22)12-9-15-5-3-2-4-6-15/h2-12,14H,1H3,(H,21,23)/b12-9+/t14-/m1/s1. The van der Waals surface area contributed by atoms with Crippen LogP contribution in [0.3, 0.4) is 0 Å². The maximum atomic E-state index is 12.0. The summed E-state index contributed by atoms with van der Waals surface area (Å²) in [5, 5.41) is 11.4. The topological polar surface area (TPSA) is 79.2 Å². The van der Waals surface area contributed by atoms with Crippen molar-refractivity contribution in [3.63, 3.8) is 0 Å². The Kier molecular flexibility index (Phi) is 5.87. The zero-order valence-electron chi connectivity index (χ0n) is 13.1. The van der Waals surface area contributed by atoms with E-state index in [9.17, 15) is 9.59 Å². The summed E-state index contributed by atoms with van der Waals surface area (Å²) in [5.74, 6) is -1.04. The zero-order chi connectivity index (χ0) is 17.4.